The summed E-state index contributed by atoms with van der Waals surface area (Å²) in [4.78, 5) is 36.7. The molecule has 1 fully saturated rings. The summed E-state index contributed by atoms with van der Waals surface area (Å²) in [7, 11) is 1.97. The Morgan fingerprint density at radius 1 is 1.12 bits per heavy atom. The maximum atomic E-state index is 11.6. The number of imide groups is 1. The molecule has 1 aliphatic rings. The van der Waals surface area contributed by atoms with Gasteiger partial charge in [0.05, 0.1) is 6.42 Å². The summed E-state index contributed by atoms with van der Waals surface area (Å²) < 4.78 is 0. The Labute approximate surface area is 99.4 Å². The molecule has 0 aromatic heterocycles. The van der Waals surface area contributed by atoms with Crippen molar-refractivity contribution in [2.24, 2.45) is 0 Å². The third-order valence-electron chi connectivity index (χ3n) is 2.60. The quantitative estimate of drug-likeness (QED) is 0.686. The Bertz CT molecular complexity index is 311. The first-order valence-electron chi connectivity index (χ1n) is 5.48. The molecule has 7 nitrogen and oxygen atoms in total. The fourth-order valence-corrected chi connectivity index (χ4v) is 1.49. The summed E-state index contributed by atoms with van der Waals surface area (Å²) >= 11 is 0. The molecule has 0 aromatic rings. The van der Waals surface area contributed by atoms with E-state index in [0.29, 0.717) is 13.1 Å². The Kier molecular flexibility index (Phi) is 4.89. The zero-order valence-corrected chi connectivity index (χ0v) is 9.81. The molecule has 1 saturated heterocycles. The molecule has 7 heteroatoms. The highest BCUT2D eigenvalue weighted by molar-refractivity contribution is 5.95. The maximum absolute atomic E-state index is 11.6. The van der Waals surface area contributed by atoms with Gasteiger partial charge in [0.2, 0.25) is 5.91 Å². The van der Waals surface area contributed by atoms with Gasteiger partial charge in [0.15, 0.2) is 0 Å². The molecule has 0 aromatic carbocycles. The van der Waals surface area contributed by atoms with Gasteiger partial charge in [-0.3, -0.25) is 14.9 Å². The summed E-state index contributed by atoms with van der Waals surface area (Å²) in [5.41, 5.74) is 0. The first kappa shape index (κ1) is 13.4. The molecule has 0 aliphatic carbocycles. The third kappa shape index (κ3) is 4.81. The van der Waals surface area contributed by atoms with Gasteiger partial charge in [-0.1, -0.05) is 0 Å². The molecule has 17 heavy (non-hydrogen) atoms. The second kappa shape index (κ2) is 6.19. The van der Waals surface area contributed by atoms with Crippen LogP contribution in [0.4, 0.5) is 4.79 Å². The lowest BCUT2D eigenvalue weighted by atomic mass is 10.3. The van der Waals surface area contributed by atoms with E-state index in [1.165, 1.54) is 0 Å². The maximum Gasteiger partial charge on any atom is 0.324 e. The van der Waals surface area contributed by atoms with Crippen molar-refractivity contribution in [3.63, 3.8) is 0 Å². The van der Waals surface area contributed by atoms with Gasteiger partial charge in [0.25, 0.3) is 0 Å². The van der Waals surface area contributed by atoms with E-state index >= 15 is 0 Å². The lowest BCUT2D eigenvalue weighted by molar-refractivity contribution is -0.138. The van der Waals surface area contributed by atoms with Crippen LogP contribution in [0.15, 0.2) is 0 Å². The van der Waals surface area contributed by atoms with Crippen LogP contribution in [0.2, 0.25) is 0 Å². The highest BCUT2D eigenvalue weighted by atomic mass is 16.4. The van der Waals surface area contributed by atoms with Crippen LogP contribution in [-0.4, -0.2) is 66.0 Å². The van der Waals surface area contributed by atoms with E-state index in [1.54, 1.807) is 4.90 Å². The predicted molar refractivity (Wildman–Crippen MR) is 59.5 cm³/mol. The molecule has 0 radical (unpaired) electrons. The van der Waals surface area contributed by atoms with Crippen molar-refractivity contribution in [3.05, 3.63) is 0 Å². The number of amides is 3. The largest absolute Gasteiger partial charge is 0.481 e. The van der Waals surface area contributed by atoms with Crippen molar-refractivity contribution in [1.29, 1.82) is 0 Å². The van der Waals surface area contributed by atoms with Crippen LogP contribution in [0, 0.1) is 0 Å². The van der Waals surface area contributed by atoms with Crippen LogP contribution in [0.1, 0.15) is 12.8 Å². The molecule has 96 valence electrons. The number of carbonyl (C=O) groups is 3. The number of hydrogen-bond acceptors (Lipinski definition) is 4. The smallest absolute Gasteiger partial charge is 0.324 e. The Morgan fingerprint density at radius 2 is 1.71 bits per heavy atom. The van der Waals surface area contributed by atoms with E-state index in [2.05, 4.69) is 10.2 Å². The van der Waals surface area contributed by atoms with Gasteiger partial charge < -0.3 is 14.9 Å². The van der Waals surface area contributed by atoms with Crippen molar-refractivity contribution < 1.29 is 19.5 Å². The summed E-state index contributed by atoms with van der Waals surface area (Å²) in [6.07, 6.45) is -0.434. The number of urea groups is 1. The van der Waals surface area contributed by atoms with E-state index in [4.69, 9.17) is 5.11 Å². The number of nitrogens with one attached hydrogen (secondary N) is 1. The number of nitrogens with zero attached hydrogens (tertiary/aromatic N) is 2. The Hall–Kier alpha value is -1.63. The zero-order chi connectivity index (χ0) is 12.8. The normalized spacial score (nSPS) is 16.6. The molecule has 1 heterocycles. The van der Waals surface area contributed by atoms with Gasteiger partial charge in [0, 0.05) is 32.6 Å². The Balaban J connectivity index is 2.28. The lowest BCUT2D eigenvalue weighted by Crippen LogP contribution is -2.51. The number of rotatable bonds is 3. The van der Waals surface area contributed by atoms with Crippen molar-refractivity contribution in [2.75, 3.05) is 33.2 Å². The molecule has 0 spiro atoms. The van der Waals surface area contributed by atoms with Gasteiger partial charge in [-0.05, 0) is 7.05 Å². The average Bonchev–Trinajstić information content (AvgIpc) is 2.27. The van der Waals surface area contributed by atoms with Gasteiger partial charge in [0.1, 0.15) is 0 Å². The third-order valence-corrected chi connectivity index (χ3v) is 2.60. The summed E-state index contributed by atoms with van der Waals surface area (Å²) in [6, 6.07) is -0.437. The number of likely N-dealkylation sites (N-methyl/N-ethyl adjacent to an activating group) is 1. The van der Waals surface area contributed by atoms with Gasteiger partial charge in [-0.15, -0.1) is 0 Å². The highest BCUT2D eigenvalue weighted by Crippen LogP contribution is 1.99. The number of hydrogen-bond donors (Lipinski definition) is 2. The fourth-order valence-electron chi connectivity index (χ4n) is 1.49. The Morgan fingerprint density at radius 3 is 2.24 bits per heavy atom. The van der Waals surface area contributed by atoms with E-state index in [-0.39, 0.29) is 12.8 Å². The standard InChI is InChI=1S/C10H17N3O4/c1-12-4-6-13(7-5-12)10(17)11-8(14)2-3-9(15)16/h2-7H2,1H3,(H,15,16)(H,11,14,17). The number of carboxylic acids is 1. The van der Waals surface area contributed by atoms with Gasteiger partial charge in [-0.25, -0.2) is 4.79 Å². The van der Waals surface area contributed by atoms with Crippen LogP contribution in [0.3, 0.4) is 0 Å². The SMILES string of the molecule is CN1CCN(C(=O)NC(=O)CCC(=O)O)CC1. The van der Waals surface area contributed by atoms with Crippen molar-refractivity contribution >= 4 is 17.9 Å². The second-order valence-electron chi connectivity index (χ2n) is 4.04. The molecule has 0 unspecified atom stereocenters. The van der Waals surface area contributed by atoms with Crippen molar-refractivity contribution in [1.82, 2.24) is 15.1 Å². The van der Waals surface area contributed by atoms with Crippen LogP contribution in [0.25, 0.3) is 0 Å². The van der Waals surface area contributed by atoms with E-state index in [1.807, 2.05) is 7.05 Å². The number of carbonyl (C=O) groups excluding carboxylic acids is 2. The van der Waals surface area contributed by atoms with Gasteiger partial charge in [-0.2, -0.15) is 0 Å². The second-order valence-corrected chi connectivity index (χ2v) is 4.04. The van der Waals surface area contributed by atoms with E-state index in [0.717, 1.165) is 13.1 Å². The van der Waals surface area contributed by atoms with E-state index < -0.39 is 17.9 Å². The minimum Gasteiger partial charge on any atom is -0.481 e. The molecular formula is C10H17N3O4. The first-order valence-corrected chi connectivity index (χ1v) is 5.48. The van der Waals surface area contributed by atoms with Crippen LogP contribution < -0.4 is 5.32 Å². The summed E-state index contributed by atoms with van der Waals surface area (Å²) in [5, 5.41) is 10.6. The number of carboxylic acid groups (broad SMARTS) is 1. The van der Waals surface area contributed by atoms with Crippen molar-refractivity contribution in [3.8, 4) is 0 Å². The van der Waals surface area contributed by atoms with Gasteiger partial charge >= 0.3 is 12.0 Å². The summed E-state index contributed by atoms with van der Waals surface area (Å²) in [6.45, 7) is 2.70. The number of aliphatic carboxylic acids is 1. The molecule has 3 amide bonds. The first-order chi connectivity index (χ1) is 7.99. The molecule has 0 saturated carbocycles. The fraction of sp³-hybridized carbons (Fsp3) is 0.700. The van der Waals surface area contributed by atoms with Crippen LogP contribution in [-0.2, 0) is 9.59 Å². The minimum absolute atomic E-state index is 0.172. The monoisotopic (exact) mass is 243 g/mol. The molecule has 1 rings (SSSR count). The zero-order valence-electron chi connectivity index (χ0n) is 9.81. The minimum atomic E-state index is -1.05. The topological polar surface area (TPSA) is 90.0 Å². The highest BCUT2D eigenvalue weighted by Gasteiger charge is 2.20. The van der Waals surface area contributed by atoms with Crippen LogP contribution in [0.5, 0.6) is 0 Å². The molecule has 0 bridgehead atoms. The van der Waals surface area contributed by atoms with Crippen LogP contribution >= 0.6 is 0 Å². The molecule has 0 atom stereocenters. The number of piperazine rings is 1. The lowest BCUT2D eigenvalue weighted by Gasteiger charge is -2.32. The molecule has 2 N–H and O–H groups in total. The van der Waals surface area contributed by atoms with E-state index in [9.17, 15) is 14.4 Å². The predicted octanol–water partition coefficient (Wildman–Crippen LogP) is -0.665. The summed E-state index contributed by atoms with van der Waals surface area (Å²) in [5.74, 6) is -1.59. The molecular weight excluding hydrogens is 226 g/mol. The average molecular weight is 243 g/mol. The molecule has 1 aliphatic heterocycles. The van der Waals surface area contributed by atoms with Crippen molar-refractivity contribution in [2.45, 2.75) is 12.8 Å².